The largest absolute Gasteiger partial charge is 0.351 e. The summed E-state index contributed by atoms with van der Waals surface area (Å²) in [5.74, 6) is 0.852. The van der Waals surface area contributed by atoms with Crippen LogP contribution in [0, 0.1) is 12.8 Å². The molecule has 1 heterocycles. The molecule has 1 aromatic heterocycles. The minimum absolute atomic E-state index is 0.0428. The van der Waals surface area contributed by atoms with Gasteiger partial charge in [0.05, 0.1) is 12.7 Å². The number of hydrogen-bond acceptors (Lipinski definition) is 3. The van der Waals surface area contributed by atoms with E-state index in [1.807, 2.05) is 6.92 Å². The summed E-state index contributed by atoms with van der Waals surface area (Å²) < 4.78 is 0. The van der Waals surface area contributed by atoms with Crippen molar-refractivity contribution in [1.29, 1.82) is 0 Å². The van der Waals surface area contributed by atoms with Crippen molar-refractivity contribution < 1.29 is 4.79 Å². The predicted octanol–water partition coefficient (Wildman–Crippen LogP) is 0.334. The monoisotopic (exact) mass is 222 g/mol. The van der Waals surface area contributed by atoms with Gasteiger partial charge in [-0.15, -0.1) is 0 Å². The molecule has 1 aromatic rings. The van der Waals surface area contributed by atoms with Gasteiger partial charge in [0.2, 0.25) is 5.91 Å². The summed E-state index contributed by atoms with van der Waals surface area (Å²) >= 11 is 0. The molecule has 16 heavy (non-hydrogen) atoms. The number of nitrogens with zero attached hydrogens (tertiary/aromatic N) is 1. The van der Waals surface area contributed by atoms with Crippen LogP contribution in [-0.2, 0) is 11.3 Å². The van der Waals surface area contributed by atoms with Crippen molar-refractivity contribution >= 4 is 5.91 Å². The summed E-state index contributed by atoms with van der Waals surface area (Å²) in [6, 6.07) is 0. The predicted molar refractivity (Wildman–Crippen MR) is 60.8 cm³/mol. The molecular weight excluding hydrogens is 204 g/mol. The molecule has 0 saturated heterocycles. The minimum Gasteiger partial charge on any atom is -0.351 e. The van der Waals surface area contributed by atoms with Crippen molar-refractivity contribution in [1.82, 2.24) is 20.8 Å². The van der Waals surface area contributed by atoms with Gasteiger partial charge < -0.3 is 10.6 Å². The third kappa shape index (κ3) is 3.34. The molecular formula is C11H18N4O. The third-order valence-electron chi connectivity index (χ3n) is 2.83. The minimum atomic E-state index is 0.0428. The van der Waals surface area contributed by atoms with Crippen molar-refractivity contribution in [2.75, 3.05) is 13.1 Å². The fraction of sp³-hybridized carbons (Fsp3) is 0.636. The summed E-state index contributed by atoms with van der Waals surface area (Å²) in [6.07, 6.45) is 4.36. The van der Waals surface area contributed by atoms with Crippen LogP contribution in [0.2, 0.25) is 0 Å². The molecule has 3 N–H and O–H groups in total. The molecule has 1 amide bonds. The second-order valence-corrected chi connectivity index (χ2v) is 4.37. The fourth-order valence-corrected chi connectivity index (χ4v) is 1.52. The average Bonchev–Trinajstić information content (AvgIpc) is 2.99. The lowest BCUT2D eigenvalue weighted by Crippen LogP contribution is -2.34. The number of nitrogens with one attached hydrogen (secondary N) is 3. The molecule has 1 fully saturated rings. The molecule has 5 heteroatoms. The van der Waals surface area contributed by atoms with Crippen LogP contribution in [0.15, 0.2) is 6.20 Å². The molecule has 0 spiro atoms. The Morgan fingerprint density at radius 1 is 1.62 bits per heavy atom. The summed E-state index contributed by atoms with van der Waals surface area (Å²) in [5.41, 5.74) is 2.04. The number of aromatic amines is 1. The van der Waals surface area contributed by atoms with Crippen LogP contribution in [0.1, 0.15) is 24.1 Å². The highest BCUT2D eigenvalue weighted by atomic mass is 16.1. The van der Waals surface area contributed by atoms with Crippen LogP contribution in [0.3, 0.4) is 0 Å². The third-order valence-corrected chi connectivity index (χ3v) is 2.83. The van der Waals surface area contributed by atoms with Crippen molar-refractivity contribution in [3.05, 3.63) is 17.5 Å². The molecule has 1 aliphatic rings. The number of carbonyl (C=O) groups is 1. The van der Waals surface area contributed by atoms with Crippen LogP contribution in [0.4, 0.5) is 0 Å². The van der Waals surface area contributed by atoms with E-state index in [4.69, 9.17) is 0 Å². The van der Waals surface area contributed by atoms with Crippen molar-refractivity contribution in [3.63, 3.8) is 0 Å². The highest BCUT2D eigenvalue weighted by Crippen LogP contribution is 2.27. The van der Waals surface area contributed by atoms with E-state index < -0.39 is 0 Å². The standard InChI is InChI=1S/C11H18N4O/c1-8-10(6-14-15-8)5-13-11(16)7-12-4-9-2-3-9/h6,9,12H,2-5,7H2,1H3,(H,13,16)(H,14,15). The van der Waals surface area contributed by atoms with Gasteiger partial charge >= 0.3 is 0 Å². The van der Waals surface area contributed by atoms with Gasteiger partial charge in [0.25, 0.3) is 0 Å². The Hall–Kier alpha value is -1.36. The van der Waals surface area contributed by atoms with E-state index in [2.05, 4.69) is 20.8 Å². The van der Waals surface area contributed by atoms with Crippen molar-refractivity contribution in [3.8, 4) is 0 Å². The van der Waals surface area contributed by atoms with Gasteiger partial charge in [0.1, 0.15) is 0 Å². The number of aryl methyl sites for hydroxylation is 1. The first-order chi connectivity index (χ1) is 7.75. The van der Waals surface area contributed by atoms with Gasteiger partial charge in [-0.1, -0.05) is 0 Å². The van der Waals surface area contributed by atoms with E-state index in [0.717, 1.165) is 23.7 Å². The average molecular weight is 222 g/mol. The SMILES string of the molecule is Cc1[nH]ncc1CNC(=O)CNCC1CC1. The molecule has 2 rings (SSSR count). The highest BCUT2D eigenvalue weighted by Gasteiger charge is 2.20. The zero-order chi connectivity index (χ0) is 11.4. The first-order valence-electron chi connectivity index (χ1n) is 5.72. The molecule has 0 unspecified atom stereocenters. The molecule has 1 aliphatic carbocycles. The molecule has 0 aromatic carbocycles. The maximum Gasteiger partial charge on any atom is 0.234 e. The van der Waals surface area contributed by atoms with Crippen molar-refractivity contribution in [2.24, 2.45) is 5.92 Å². The Morgan fingerprint density at radius 2 is 2.44 bits per heavy atom. The molecule has 5 nitrogen and oxygen atoms in total. The number of rotatable bonds is 6. The molecule has 88 valence electrons. The first-order valence-corrected chi connectivity index (χ1v) is 5.72. The molecule has 1 saturated carbocycles. The normalized spacial score (nSPS) is 15.1. The lowest BCUT2D eigenvalue weighted by atomic mass is 10.2. The summed E-state index contributed by atoms with van der Waals surface area (Å²) in [4.78, 5) is 11.4. The number of aromatic nitrogens is 2. The maximum atomic E-state index is 11.4. The Labute approximate surface area is 95.0 Å². The molecule has 0 bridgehead atoms. The van der Waals surface area contributed by atoms with E-state index in [0.29, 0.717) is 13.1 Å². The number of carbonyl (C=O) groups excluding carboxylic acids is 1. The topological polar surface area (TPSA) is 69.8 Å². The number of H-pyrrole nitrogens is 1. The van der Waals surface area contributed by atoms with Crippen LogP contribution in [0.25, 0.3) is 0 Å². The lowest BCUT2D eigenvalue weighted by molar-refractivity contribution is -0.120. The van der Waals surface area contributed by atoms with Gasteiger partial charge in [0.15, 0.2) is 0 Å². The zero-order valence-corrected chi connectivity index (χ0v) is 9.55. The summed E-state index contributed by atoms with van der Waals surface area (Å²) in [6.45, 7) is 3.87. The van der Waals surface area contributed by atoms with Gasteiger partial charge in [0, 0.05) is 17.8 Å². The first kappa shape index (κ1) is 11.1. The van der Waals surface area contributed by atoms with Crippen LogP contribution >= 0.6 is 0 Å². The highest BCUT2D eigenvalue weighted by molar-refractivity contribution is 5.77. The van der Waals surface area contributed by atoms with E-state index >= 15 is 0 Å². The summed E-state index contributed by atoms with van der Waals surface area (Å²) in [5, 5.41) is 12.8. The van der Waals surface area contributed by atoms with Gasteiger partial charge in [-0.2, -0.15) is 5.10 Å². The number of amides is 1. The smallest absolute Gasteiger partial charge is 0.234 e. The number of hydrogen-bond donors (Lipinski definition) is 3. The lowest BCUT2D eigenvalue weighted by Gasteiger charge is -2.05. The summed E-state index contributed by atoms with van der Waals surface area (Å²) in [7, 11) is 0. The van der Waals surface area contributed by atoms with Crippen LogP contribution < -0.4 is 10.6 Å². The Morgan fingerprint density at radius 3 is 3.06 bits per heavy atom. The maximum absolute atomic E-state index is 11.4. The Bertz CT molecular complexity index is 357. The van der Waals surface area contributed by atoms with Crippen molar-refractivity contribution in [2.45, 2.75) is 26.3 Å². The Kier molecular flexibility index (Phi) is 3.56. The fourth-order valence-electron chi connectivity index (χ4n) is 1.52. The van der Waals surface area contributed by atoms with E-state index in [-0.39, 0.29) is 5.91 Å². The van der Waals surface area contributed by atoms with E-state index in [9.17, 15) is 4.79 Å². The van der Waals surface area contributed by atoms with Crippen LogP contribution in [-0.4, -0.2) is 29.2 Å². The molecule has 0 atom stereocenters. The second-order valence-electron chi connectivity index (χ2n) is 4.37. The van der Waals surface area contributed by atoms with Gasteiger partial charge in [-0.25, -0.2) is 0 Å². The van der Waals surface area contributed by atoms with E-state index in [1.165, 1.54) is 12.8 Å². The van der Waals surface area contributed by atoms with Crippen LogP contribution in [0.5, 0.6) is 0 Å². The second kappa shape index (κ2) is 5.12. The molecule has 0 aliphatic heterocycles. The van der Waals surface area contributed by atoms with E-state index in [1.54, 1.807) is 6.20 Å². The van der Waals surface area contributed by atoms with Gasteiger partial charge in [-0.05, 0) is 32.2 Å². The Balaban J connectivity index is 1.61. The molecule has 0 radical (unpaired) electrons. The quantitative estimate of drug-likeness (QED) is 0.650. The van der Waals surface area contributed by atoms with Gasteiger partial charge in [-0.3, -0.25) is 9.89 Å². The zero-order valence-electron chi connectivity index (χ0n) is 9.55.